The van der Waals surface area contributed by atoms with Gasteiger partial charge in [-0.1, -0.05) is 12.1 Å². The van der Waals surface area contributed by atoms with Crippen LogP contribution in [0.1, 0.15) is 17.5 Å². The van der Waals surface area contributed by atoms with Gasteiger partial charge in [0, 0.05) is 6.04 Å². The van der Waals surface area contributed by atoms with Crippen molar-refractivity contribution in [1.29, 1.82) is 0 Å². The van der Waals surface area contributed by atoms with Crippen LogP contribution in [0.5, 0.6) is 0 Å². The van der Waals surface area contributed by atoms with Crippen LogP contribution in [0.25, 0.3) is 0 Å². The first-order valence-electron chi connectivity index (χ1n) is 4.88. The van der Waals surface area contributed by atoms with Gasteiger partial charge < -0.3 is 5.73 Å². The number of benzene rings is 1. The fourth-order valence-electron chi connectivity index (χ4n) is 1.64. The zero-order valence-corrected chi connectivity index (χ0v) is 8.09. The number of nitrogens with two attached hydrogens (primary N) is 1. The molecule has 1 saturated carbocycles. The van der Waals surface area contributed by atoms with E-state index in [1.807, 2.05) is 0 Å². The van der Waals surface area contributed by atoms with Crippen LogP contribution >= 0.6 is 0 Å². The third kappa shape index (κ3) is 2.50. The molecule has 2 atom stereocenters. The van der Waals surface area contributed by atoms with Crippen LogP contribution in [0, 0.1) is 5.92 Å². The molecule has 0 radical (unpaired) electrons. The standard InChI is InChI=1S/C11H12F3N/c12-11(13,14)9-3-1-7(2-4-9)5-8-6-10(8)15/h1-4,8,10H,5-6,15H2/t8-,10+/m0/s1. The lowest BCUT2D eigenvalue weighted by molar-refractivity contribution is -0.137. The Morgan fingerprint density at radius 3 is 2.13 bits per heavy atom. The molecule has 0 unspecified atom stereocenters. The molecule has 2 rings (SSSR count). The van der Waals surface area contributed by atoms with Gasteiger partial charge in [0.2, 0.25) is 0 Å². The molecule has 0 saturated heterocycles. The predicted molar refractivity (Wildman–Crippen MR) is 51.2 cm³/mol. The Hall–Kier alpha value is -1.03. The molecular formula is C11H12F3N. The number of hydrogen-bond acceptors (Lipinski definition) is 1. The summed E-state index contributed by atoms with van der Waals surface area (Å²) in [5.74, 6) is 0.460. The maximum Gasteiger partial charge on any atom is 0.416 e. The van der Waals surface area contributed by atoms with E-state index in [0.717, 1.165) is 30.5 Å². The maximum absolute atomic E-state index is 12.2. The Balaban J connectivity index is 2.04. The Labute approximate surface area is 86.1 Å². The zero-order valence-electron chi connectivity index (χ0n) is 8.09. The van der Waals surface area contributed by atoms with Gasteiger partial charge in [-0.2, -0.15) is 13.2 Å². The molecule has 1 aromatic rings. The molecule has 1 fully saturated rings. The quantitative estimate of drug-likeness (QED) is 0.806. The monoisotopic (exact) mass is 215 g/mol. The summed E-state index contributed by atoms with van der Waals surface area (Å²) in [6, 6.07) is 5.57. The largest absolute Gasteiger partial charge is 0.416 e. The summed E-state index contributed by atoms with van der Waals surface area (Å²) >= 11 is 0. The van der Waals surface area contributed by atoms with Crippen molar-refractivity contribution in [2.45, 2.75) is 25.1 Å². The van der Waals surface area contributed by atoms with Crippen molar-refractivity contribution >= 4 is 0 Å². The molecule has 1 aliphatic rings. The van der Waals surface area contributed by atoms with Crippen LogP contribution in [0.15, 0.2) is 24.3 Å². The van der Waals surface area contributed by atoms with Crippen molar-refractivity contribution in [2.75, 3.05) is 0 Å². The average molecular weight is 215 g/mol. The first kappa shape index (κ1) is 10.5. The molecular weight excluding hydrogens is 203 g/mol. The third-order valence-electron chi connectivity index (χ3n) is 2.76. The molecule has 1 nitrogen and oxygen atoms in total. The summed E-state index contributed by atoms with van der Waals surface area (Å²) in [7, 11) is 0. The lowest BCUT2D eigenvalue weighted by atomic mass is 10.1. The molecule has 82 valence electrons. The summed E-state index contributed by atoms with van der Waals surface area (Å²) in [5.41, 5.74) is 5.97. The predicted octanol–water partition coefficient (Wildman–Crippen LogP) is 2.60. The Morgan fingerprint density at radius 1 is 1.20 bits per heavy atom. The van der Waals surface area contributed by atoms with E-state index < -0.39 is 11.7 Å². The van der Waals surface area contributed by atoms with Gasteiger partial charge in [0.25, 0.3) is 0 Å². The van der Waals surface area contributed by atoms with Crippen molar-refractivity contribution in [3.8, 4) is 0 Å². The fraction of sp³-hybridized carbons (Fsp3) is 0.455. The van der Waals surface area contributed by atoms with Gasteiger partial charge >= 0.3 is 6.18 Å². The van der Waals surface area contributed by atoms with E-state index in [1.165, 1.54) is 12.1 Å². The summed E-state index contributed by atoms with van der Waals surface area (Å²) in [6.45, 7) is 0. The van der Waals surface area contributed by atoms with E-state index in [9.17, 15) is 13.2 Å². The molecule has 2 N–H and O–H groups in total. The van der Waals surface area contributed by atoms with Crippen LogP contribution in [0.4, 0.5) is 13.2 Å². The van der Waals surface area contributed by atoms with E-state index in [2.05, 4.69) is 0 Å². The third-order valence-corrected chi connectivity index (χ3v) is 2.76. The van der Waals surface area contributed by atoms with Crippen LogP contribution < -0.4 is 5.73 Å². The number of alkyl halides is 3. The van der Waals surface area contributed by atoms with E-state index in [1.54, 1.807) is 0 Å². The van der Waals surface area contributed by atoms with Crippen molar-refractivity contribution in [2.24, 2.45) is 11.7 Å². The number of rotatable bonds is 2. The van der Waals surface area contributed by atoms with Crippen LogP contribution in [-0.2, 0) is 12.6 Å². The summed E-state index contributed by atoms with van der Waals surface area (Å²) in [6.07, 6.45) is -2.46. The molecule has 15 heavy (non-hydrogen) atoms. The first-order valence-corrected chi connectivity index (χ1v) is 4.88. The van der Waals surface area contributed by atoms with E-state index in [-0.39, 0.29) is 6.04 Å². The molecule has 0 heterocycles. The molecule has 0 amide bonds. The minimum absolute atomic E-state index is 0.243. The molecule has 1 aromatic carbocycles. The Morgan fingerprint density at radius 2 is 1.73 bits per heavy atom. The second kappa shape index (κ2) is 3.52. The highest BCUT2D eigenvalue weighted by atomic mass is 19.4. The lowest BCUT2D eigenvalue weighted by Gasteiger charge is -2.07. The van der Waals surface area contributed by atoms with Gasteiger partial charge in [-0.15, -0.1) is 0 Å². The molecule has 0 bridgehead atoms. The van der Waals surface area contributed by atoms with Gasteiger partial charge in [0.1, 0.15) is 0 Å². The van der Waals surface area contributed by atoms with E-state index in [4.69, 9.17) is 5.73 Å². The molecule has 0 aromatic heterocycles. The van der Waals surface area contributed by atoms with Crippen LogP contribution in [0.3, 0.4) is 0 Å². The topological polar surface area (TPSA) is 26.0 Å². The minimum atomic E-state index is -4.24. The van der Waals surface area contributed by atoms with Gasteiger partial charge in [-0.25, -0.2) is 0 Å². The van der Waals surface area contributed by atoms with E-state index >= 15 is 0 Å². The zero-order chi connectivity index (χ0) is 11.1. The lowest BCUT2D eigenvalue weighted by Crippen LogP contribution is -2.06. The van der Waals surface area contributed by atoms with E-state index in [0.29, 0.717) is 5.92 Å². The molecule has 0 spiro atoms. The second-order valence-electron chi connectivity index (χ2n) is 4.06. The summed E-state index contributed by atoms with van der Waals surface area (Å²) < 4.78 is 36.7. The maximum atomic E-state index is 12.2. The second-order valence-corrected chi connectivity index (χ2v) is 4.06. The van der Waals surface area contributed by atoms with Crippen molar-refractivity contribution in [3.63, 3.8) is 0 Å². The summed E-state index contributed by atoms with van der Waals surface area (Å²) in [5, 5.41) is 0. The highest BCUT2D eigenvalue weighted by molar-refractivity contribution is 5.25. The highest BCUT2D eigenvalue weighted by Crippen LogP contribution is 2.33. The highest BCUT2D eigenvalue weighted by Gasteiger charge is 2.33. The smallest absolute Gasteiger partial charge is 0.327 e. The summed E-state index contributed by atoms with van der Waals surface area (Å²) in [4.78, 5) is 0. The average Bonchev–Trinajstić information content (AvgIpc) is 2.81. The van der Waals surface area contributed by atoms with Gasteiger partial charge in [-0.3, -0.25) is 0 Å². The molecule has 4 heteroatoms. The normalized spacial score (nSPS) is 25.3. The van der Waals surface area contributed by atoms with Crippen molar-refractivity contribution in [3.05, 3.63) is 35.4 Å². The SMILES string of the molecule is N[C@@H]1C[C@@H]1Cc1ccc(C(F)(F)F)cc1. The van der Waals surface area contributed by atoms with Crippen molar-refractivity contribution < 1.29 is 13.2 Å². The Kier molecular flexibility index (Phi) is 2.46. The van der Waals surface area contributed by atoms with Crippen LogP contribution in [0.2, 0.25) is 0 Å². The Bertz CT molecular complexity index is 342. The van der Waals surface area contributed by atoms with Gasteiger partial charge in [0.05, 0.1) is 5.56 Å². The number of halogens is 3. The van der Waals surface area contributed by atoms with Crippen LogP contribution in [-0.4, -0.2) is 6.04 Å². The molecule has 0 aliphatic heterocycles. The van der Waals surface area contributed by atoms with Gasteiger partial charge in [-0.05, 0) is 36.5 Å². The van der Waals surface area contributed by atoms with Gasteiger partial charge in [0.15, 0.2) is 0 Å². The fourth-order valence-corrected chi connectivity index (χ4v) is 1.64. The number of hydrogen-bond donors (Lipinski definition) is 1. The molecule has 1 aliphatic carbocycles. The minimum Gasteiger partial charge on any atom is -0.327 e. The first-order chi connectivity index (χ1) is 6.97. The van der Waals surface area contributed by atoms with Crippen molar-refractivity contribution in [1.82, 2.24) is 0 Å².